The summed E-state index contributed by atoms with van der Waals surface area (Å²) < 4.78 is 0. The number of hydrogen-bond donors (Lipinski definition) is 1. The van der Waals surface area contributed by atoms with E-state index in [1.54, 1.807) is 0 Å². The van der Waals surface area contributed by atoms with Crippen LogP contribution in [-0.4, -0.2) is 18.3 Å². The number of benzene rings is 1. The van der Waals surface area contributed by atoms with E-state index in [0.29, 0.717) is 6.54 Å². The number of carbonyl (C=O) groups excluding carboxylic acids is 1. The van der Waals surface area contributed by atoms with Gasteiger partial charge in [0.05, 0.1) is 0 Å². The van der Waals surface area contributed by atoms with Crippen LogP contribution in [0.4, 0.5) is 0 Å². The van der Waals surface area contributed by atoms with E-state index in [9.17, 15) is 4.79 Å². The lowest BCUT2D eigenvalue weighted by atomic mass is 9.64. The van der Waals surface area contributed by atoms with Crippen LogP contribution < -0.4 is 5.32 Å². The molecule has 1 amide bonds. The molecule has 17 heavy (non-hydrogen) atoms. The highest BCUT2D eigenvalue weighted by Gasteiger charge is 2.40. The number of carbonyl (C=O) groups is 1. The first-order valence-electron chi connectivity index (χ1n) is 5.76. The maximum atomic E-state index is 11.2. The Balaban J connectivity index is 2.15. The Bertz CT molecular complexity index is 416. The molecule has 2 nitrogen and oxygen atoms in total. The van der Waals surface area contributed by atoms with Crippen molar-refractivity contribution in [2.45, 2.75) is 24.7 Å². The van der Waals surface area contributed by atoms with Gasteiger partial charge in [-0.15, -0.1) is 11.6 Å². The van der Waals surface area contributed by atoms with E-state index in [1.807, 2.05) is 24.3 Å². The van der Waals surface area contributed by atoms with Crippen LogP contribution >= 0.6 is 23.2 Å². The van der Waals surface area contributed by atoms with Crippen LogP contribution in [-0.2, 0) is 10.2 Å². The summed E-state index contributed by atoms with van der Waals surface area (Å²) in [5.41, 5.74) is 1.16. The molecule has 0 radical (unpaired) electrons. The topological polar surface area (TPSA) is 29.1 Å². The molecule has 1 aromatic rings. The first kappa shape index (κ1) is 12.7. The zero-order chi connectivity index (χ0) is 12.3. The molecule has 2 rings (SSSR count). The van der Waals surface area contributed by atoms with Gasteiger partial charge >= 0.3 is 0 Å². The normalized spacial score (nSPS) is 17.3. The first-order valence-corrected chi connectivity index (χ1v) is 6.67. The van der Waals surface area contributed by atoms with Gasteiger partial charge in [-0.2, -0.15) is 0 Å². The third-order valence-corrected chi connectivity index (χ3v) is 4.07. The molecule has 1 aliphatic carbocycles. The van der Waals surface area contributed by atoms with Gasteiger partial charge in [-0.3, -0.25) is 4.79 Å². The second-order valence-electron chi connectivity index (χ2n) is 4.52. The van der Waals surface area contributed by atoms with Gasteiger partial charge in [-0.1, -0.05) is 36.2 Å². The average molecular weight is 272 g/mol. The van der Waals surface area contributed by atoms with E-state index in [1.165, 1.54) is 6.42 Å². The van der Waals surface area contributed by atoms with Gasteiger partial charge in [0.15, 0.2) is 0 Å². The molecule has 0 unspecified atom stereocenters. The molecule has 1 saturated carbocycles. The summed E-state index contributed by atoms with van der Waals surface area (Å²) in [5.74, 6) is -0.108. The standard InChI is InChI=1S/C13H15Cl2NO/c14-8-12(17)16-9-13(6-3-7-13)10-4-1-2-5-11(10)15/h1-2,4-5H,3,6-9H2,(H,16,17). The number of nitrogens with one attached hydrogen (secondary N) is 1. The van der Waals surface area contributed by atoms with Gasteiger partial charge in [-0.25, -0.2) is 0 Å². The highest BCUT2D eigenvalue weighted by Crippen LogP contribution is 2.45. The lowest BCUT2D eigenvalue weighted by molar-refractivity contribution is -0.119. The van der Waals surface area contributed by atoms with Crippen LogP contribution in [0.5, 0.6) is 0 Å². The van der Waals surface area contributed by atoms with Crippen molar-refractivity contribution in [2.75, 3.05) is 12.4 Å². The Hall–Kier alpha value is -0.730. The number of halogens is 2. The molecule has 0 atom stereocenters. The lowest BCUT2D eigenvalue weighted by Crippen LogP contribution is -2.46. The van der Waals surface area contributed by atoms with Crippen LogP contribution in [0.25, 0.3) is 0 Å². The minimum Gasteiger partial charge on any atom is -0.354 e. The third-order valence-electron chi connectivity index (χ3n) is 3.50. The summed E-state index contributed by atoms with van der Waals surface area (Å²) in [5, 5.41) is 3.66. The summed E-state index contributed by atoms with van der Waals surface area (Å²) in [6.45, 7) is 0.627. The summed E-state index contributed by atoms with van der Waals surface area (Å²) in [7, 11) is 0. The molecule has 0 bridgehead atoms. The molecule has 0 heterocycles. The predicted molar refractivity (Wildman–Crippen MR) is 70.7 cm³/mol. The molecule has 1 aromatic carbocycles. The van der Waals surface area contributed by atoms with Gasteiger partial charge in [0, 0.05) is 17.0 Å². The predicted octanol–water partition coefficient (Wildman–Crippen LogP) is 3.12. The molecule has 92 valence electrons. The van der Waals surface area contributed by atoms with Crippen molar-refractivity contribution in [1.82, 2.24) is 5.32 Å². The first-order chi connectivity index (χ1) is 8.18. The van der Waals surface area contributed by atoms with E-state index in [0.717, 1.165) is 23.4 Å². The van der Waals surface area contributed by atoms with Crippen molar-refractivity contribution in [1.29, 1.82) is 0 Å². The summed E-state index contributed by atoms with van der Waals surface area (Å²) in [6.07, 6.45) is 3.32. The Morgan fingerprint density at radius 3 is 2.59 bits per heavy atom. The Kier molecular flexibility index (Phi) is 3.95. The molecule has 0 spiro atoms. The maximum Gasteiger partial charge on any atom is 0.234 e. The van der Waals surface area contributed by atoms with Gasteiger partial charge < -0.3 is 5.32 Å². The number of hydrogen-bond acceptors (Lipinski definition) is 1. The fourth-order valence-corrected chi connectivity index (χ4v) is 2.78. The number of amides is 1. The van der Waals surface area contributed by atoms with Crippen LogP contribution in [0.3, 0.4) is 0 Å². The molecular formula is C13H15Cl2NO. The zero-order valence-electron chi connectivity index (χ0n) is 9.51. The Labute approximate surface area is 111 Å². The maximum absolute atomic E-state index is 11.2. The Morgan fingerprint density at radius 1 is 1.35 bits per heavy atom. The van der Waals surface area contributed by atoms with Gasteiger partial charge in [0.2, 0.25) is 5.91 Å². The van der Waals surface area contributed by atoms with Crippen molar-refractivity contribution in [3.05, 3.63) is 34.9 Å². The van der Waals surface area contributed by atoms with E-state index in [-0.39, 0.29) is 17.2 Å². The molecule has 4 heteroatoms. The lowest BCUT2D eigenvalue weighted by Gasteiger charge is -2.43. The van der Waals surface area contributed by atoms with Crippen molar-refractivity contribution < 1.29 is 4.79 Å². The number of alkyl halides is 1. The molecule has 0 aromatic heterocycles. The molecule has 1 N–H and O–H groups in total. The SMILES string of the molecule is O=C(CCl)NCC1(c2ccccc2Cl)CCC1. The van der Waals surface area contributed by atoms with Crippen molar-refractivity contribution in [3.8, 4) is 0 Å². The molecule has 1 aliphatic rings. The zero-order valence-corrected chi connectivity index (χ0v) is 11.0. The highest BCUT2D eigenvalue weighted by molar-refractivity contribution is 6.31. The smallest absolute Gasteiger partial charge is 0.234 e. The van der Waals surface area contributed by atoms with Crippen LogP contribution in [0.2, 0.25) is 5.02 Å². The second-order valence-corrected chi connectivity index (χ2v) is 5.20. The summed E-state index contributed by atoms with van der Waals surface area (Å²) in [6, 6.07) is 7.87. The fourth-order valence-electron chi connectivity index (χ4n) is 2.35. The second kappa shape index (κ2) is 5.28. The highest BCUT2D eigenvalue weighted by atomic mass is 35.5. The van der Waals surface area contributed by atoms with E-state index < -0.39 is 0 Å². The number of rotatable bonds is 4. The van der Waals surface area contributed by atoms with Crippen molar-refractivity contribution in [3.63, 3.8) is 0 Å². The van der Waals surface area contributed by atoms with Crippen LogP contribution in [0.1, 0.15) is 24.8 Å². The largest absolute Gasteiger partial charge is 0.354 e. The fraction of sp³-hybridized carbons (Fsp3) is 0.462. The van der Waals surface area contributed by atoms with E-state index >= 15 is 0 Å². The third kappa shape index (κ3) is 2.58. The molecular weight excluding hydrogens is 257 g/mol. The summed E-state index contributed by atoms with van der Waals surface area (Å²) >= 11 is 11.7. The quantitative estimate of drug-likeness (QED) is 0.838. The van der Waals surface area contributed by atoms with E-state index in [4.69, 9.17) is 23.2 Å². The van der Waals surface area contributed by atoms with E-state index in [2.05, 4.69) is 5.32 Å². The monoisotopic (exact) mass is 271 g/mol. The molecule has 0 aliphatic heterocycles. The van der Waals surface area contributed by atoms with Crippen LogP contribution in [0, 0.1) is 0 Å². The van der Waals surface area contributed by atoms with Gasteiger partial charge in [-0.05, 0) is 24.5 Å². The van der Waals surface area contributed by atoms with Crippen LogP contribution in [0.15, 0.2) is 24.3 Å². The molecule has 1 fully saturated rings. The van der Waals surface area contributed by atoms with Crippen molar-refractivity contribution in [2.24, 2.45) is 0 Å². The summed E-state index contributed by atoms with van der Waals surface area (Å²) in [4.78, 5) is 11.2. The van der Waals surface area contributed by atoms with Gasteiger partial charge in [0.1, 0.15) is 5.88 Å². The molecule has 0 saturated heterocycles. The Morgan fingerprint density at radius 2 is 2.06 bits per heavy atom. The minimum absolute atomic E-state index is 0.0125. The minimum atomic E-state index is -0.120. The van der Waals surface area contributed by atoms with Crippen molar-refractivity contribution >= 4 is 29.1 Å². The average Bonchev–Trinajstić information content (AvgIpc) is 2.29. The van der Waals surface area contributed by atoms with Gasteiger partial charge in [0.25, 0.3) is 0 Å².